The monoisotopic (exact) mass is 152 g/mol. The number of nitrogens with zero attached hydrogens (tertiary/aromatic N) is 2. The zero-order valence-electron chi connectivity index (χ0n) is 7.76. The highest BCUT2D eigenvalue weighted by molar-refractivity contribution is 5.79. The topological polar surface area (TPSA) is 15.6 Å². The summed E-state index contributed by atoms with van der Waals surface area (Å²) in [6.07, 6.45) is 1.85. The van der Waals surface area contributed by atoms with E-state index < -0.39 is 0 Å². The molecule has 1 heterocycles. The van der Waals surface area contributed by atoms with Crippen LogP contribution in [0.15, 0.2) is 17.3 Å². The molecule has 0 radical (unpaired) electrons. The summed E-state index contributed by atoms with van der Waals surface area (Å²) < 4.78 is 0. The van der Waals surface area contributed by atoms with Gasteiger partial charge in [0, 0.05) is 18.0 Å². The molecule has 2 nitrogen and oxygen atoms in total. The van der Waals surface area contributed by atoms with Crippen LogP contribution in [-0.4, -0.2) is 22.8 Å². The van der Waals surface area contributed by atoms with E-state index in [1.807, 2.05) is 6.21 Å². The van der Waals surface area contributed by atoms with Crippen LogP contribution in [0.3, 0.4) is 0 Å². The molecule has 0 saturated heterocycles. The van der Waals surface area contributed by atoms with E-state index in [0.717, 1.165) is 5.70 Å². The first-order chi connectivity index (χ1) is 4.95. The second-order valence-corrected chi connectivity index (χ2v) is 3.71. The molecule has 0 bridgehead atoms. The van der Waals surface area contributed by atoms with Crippen molar-refractivity contribution in [1.29, 1.82) is 0 Å². The fourth-order valence-electron chi connectivity index (χ4n) is 1.67. The van der Waals surface area contributed by atoms with Crippen LogP contribution in [0, 0.1) is 0 Å². The lowest BCUT2D eigenvalue weighted by molar-refractivity contribution is 0.162. The van der Waals surface area contributed by atoms with Crippen molar-refractivity contribution in [3.63, 3.8) is 0 Å². The molecule has 2 heteroatoms. The molecule has 0 saturated carbocycles. The van der Waals surface area contributed by atoms with E-state index in [9.17, 15) is 0 Å². The van der Waals surface area contributed by atoms with E-state index >= 15 is 0 Å². The largest absolute Gasteiger partial charge is 0.344 e. The molecular formula is C9H16N2. The molecule has 0 amide bonds. The standard InChI is InChI=1S/C9H16N2/c1-7(2)11-8(3)6-10-9(11,4)5/h6-7H,3H2,1-2,4-5H3. The van der Waals surface area contributed by atoms with Crippen molar-refractivity contribution in [3.05, 3.63) is 12.3 Å². The number of hydrogen-bond acceptors (Lipinski definition) is 2. The summed E-state index contributed by atoms with van der Waals surface area (Å²) in [5.74, 6) is 0. The lowest BCUT2D eigenvalue weighted by Crippen LogP contribution is -2.41. The van der Waals surface area contributed by atoms with E-state index in [0.29, 0.717) is 6.04 Å². The Labute approximate surface area is 68.6 Å². The summed E-state index contributed by atoms with van der Waals surface area (Å²) in [6, 6.07) is 0.472. The molecule has 0 N–H and O–H groups in total. The van der Waals surface area contributed by atoms with Crippen molar-refractivity contribution in [2.75, 3.05) is 0 Å². The van der Waals surface area contributed by atoms with Crippen LogP contribution >= 0.6 is 0 Å². The third-order valence-corrected chi connectivity index (χ3v) is 1.94. The quantitative estimate of drug-likeness (QED) is 0.561. The molecule has 0 aliphatic carbocycles. The predicted molar refractivity (Wildman–Crippen MR) is 48.7 cm³/mol. The highest BCUT2D eigenvalue weighted by Crippen LogP contribution is 2.27. The van der Waals surface area contributed by atoms with Crippen LogP contribution in [0.25, 0.3) is 0 Å². The molecule has 62 valence electrons. The molecule has 0 aromatic carbocycles. The van der Waals surface area contributed by atoms with Gasteiger partial charge in [-0.15, -0.1) is 0 Å². The Bertz CT molecular complexity index is 202. The van der Waals surface area contributed by atoms with Gasteiger partial charge in [0.15, 0.2) is 0 Å². The third kappa shape index (κ3) is 1.30. The zero-order chi connectivity index (χ0) is 8.65. The minimum atomic E-state index is -0.0920. The Balaban J connectivity index is 2.87. The molecular weight excluding hydrogens is 136 g/mol. The zero-order valence-corrected chi connectivity index (χ0v) is 7.76. The Morgan fingerprint density at radius 1 is 1.55 bits per heavy atom. The molecule has 0 fully saturated rings. The van der Waals surface area contributed by atoms with Gasteiger partial charge in [-0.3, -0.25) is 4.99 Å². The molecule has 0 aromatic heterocycles. The van der Waals surface area contributed by atoms with Crippen LogP contribution in [0.2, 0.25) is 0 Å². The van der Waals surface area contributed by atoms with Gasteiger partial charge < -0.3 is 4.90 Å². The van der Waals surface area contributed by atoms with Crippen molar-refractivity contribution in [1.82, 2.24) is 4.90 Å². The van der Waals surface area contributed by atoms with E-state index in [-0.39, 0.29) is 5.66 Å². The number of aliphatic imine (C=N–C) groups is 1. The van der Waals surface area contributed by atoms with Gasteiger partial charge in [0.25, 0.3) is 0 Å². The Hall–Kier alpha value is -0.790. The van der Waals surface area contributed by atoms with Crippen molar-refractivity contribution in [2.24, 2.45) is 4.99 Å². The van der Waals surface area contributed by atoms with Crippen LogP contribution in [0.4, 0.5) is 0 Å². The highest BCUT2D eigenvalue weighted by Gasteiger charge is 2.32. The number of rotatable bonds is 1. The average Bonchev–Trinajstić information content (AvgIpc) is 2.06. The second-order valence-electron chi connectivity index (χ2n) is 3.71. The first kappa shape index (κ1) is 8.31. The van der Waals surface area contributed by atoms with Crippen LogP contribution < -0.4 is 0 Å². The van der Waals surface area contributed by atoms with Crippen molar-refractivity contribution in [2.45, 2.75) is 39.4 Å². The summed E-state index contributed by atoms with van der Waals surface area (Å²) in [5, 5.41) is 0. The van der Waals surface area contributed by atoms with E-state index in [2.05, 4.69) is 44.2 Å². The van der Waals surface area contributed by atoms with Gasteiger partial charge in [-0.25, -0.2) is 0 Å². The van der Waals surface area contributed by atoms with Crippen molar-refractivity contribution < 1.29 is 0 Å². The number of hydrogen-bond donors (Lipinski definition) is 0. The maximum Gasteiger partial charge on any atom is 0.126 e. The molecule has 0 unspecified atom stereocenters. The highest BCUT2D eigenvalue weighted by atomic mass is 15.3. The summed E-state index contributed by atoms with van der Waals surface area (Å²) in [4.78, 5) is 6.57. The maximum absolute atomic E-state index is 4.35. The SMILES string of the molecule is C=C1C=NC(C)(C)N1C(C)C. The van der Waals surface area contributed by atoms with Crippen LogP contribution in [0.1, 0.15) is 27.7 Å². The van der Waals surface area contributed by atoms with Crippen molar-refractivity contribution in [3.8, 4) is 0 Å². The van der Waals surface area contributed by atoms with Crippen LogP contribution in [-0.2, 0) is 0 Å². The summed E-state index contributed by atoms with van der Waals surface area (Å²) in [7, 11) is 0. The summed E-state index contributed by atoms with van der Waals surface area (Å²) >= 11 is 0. The van der Waals surface area contributed by atoms with Gasteiger partial charge in [-0.05, 0) is 27.7 Å². The fraction of sp³-hybridized carbons (Fsp3) is 0.667. The van der Waals surface area contributed by atoms with Gasteiger partial charge in [-0.2, -0.15) is 0 Å². The summed E-state index contributed by atoms with van der Waals surface area (Å²) in [6.45, 7) is 12.4. The first-order valence-electron chi connectivity index (χ1n) is 3.98. The minimum absolute atomic E-state index is 0.0920. The normalized spacial score (nSPS) is 21.9. The molecule has 1 rings (SSSR count). The van der Waals surface area contributed by atoms with Gasteiger partial charge >= 0.3 is 0 Å². The fourth-order valence-corrected chi connectivity index (χ4v) is 1.67. The maximum atomic E-state index is 4.35. The summed E-state index contributed by atoms with van der Waals surface area (Å²) in [5.41, 5.74) is 0.927. The predicted octanol–water partition coefficient (Wildman–Crippen LogP) is 2.03. The van der Waals surface area contributed by atoms with Crippen molar-refractivity contribution >= 4 is 6.21 Å². The lowest BCUT2D eigenvalue weighted by Gasteiger charge is -2.35. The second kappa shape index (κ2) is 2.36. The molecule has 1 aliphatic rings. The Morgan fingerprint density at radius 2 is 2.09 bits per heavy atom. The van der Waals surface area contributed by atoms with E-state index in [1.165, 1.54) is 0 Å². The molecule has 0 atom stereocenters. The Kier molecular flexibility index (Phi) is 1.78. The molecule has 11 heavy (non-hydrogen) atoms. The Morgan fingerprint density at radius 3 is 2.27 bits per heavy atom. The average molecular weight is 152 g/mol. The van der Waals surface area contributed by atoms with E-state index in [1.54, 1.807) is 0 Å². The smallest absolute Gasteiger partial charge is 0.126 e. The molecule has 1 aliphatic heterocycles. The van der Waals surface area contributed by atoms with Gasteiger partial charge in [0.1, 0.15) is 5.66 Å². The van der Waals surface area contributed by atoms with Gasteiger partial charge in [0.05, 0.1) is 0 Å². The molecule has 0 aromatic rings. The third-order valence-electron chi connectivity index (χ3n) is 1.94. The van der Waals surface area contributed by atoms with Gasteiger partial charge in [-0.1, -0.05) is 6.58 Å². The first-order valence-corrected chi connectivity index (χ1v) is 3.98. The van der Waals surface area contributed by atoms with Gasteiger partial charge in [0.2, 0.25) is 0 Å². The van der Waals surface area contributed by atoms with E-state index in [4.69, 9.17) is 0 Å². The number of allylic oxidation sites excluding steroid dienone is 1. The lowest BCUT2D eigenvalue weighted by atomic mass is 10.1. The van der Waals surface area contributed by atoms with Crippen LogP contribution in [0.5, 0.6) is 0 Å². The minimum Gasteiger partial charge on any atom is -0.344 e. The molecule has 0 spiro atoms.